The van der Waals surface area contributed by atoms with Gasteiger partial charge in [-0.2, -0.15) is 0 Å². The lowest BCUT2D eigenvalue weighted by Gasteiger charge is -2.43. The third kappa shape index (κ3) is 2.25. The molecule has 1 saturated carbocycles. The quantitative estimate of drug-likeness (QED) is 0.717. The Morgan fingerprint density at radius 1 is 1.18 bits per heavy atom. The van der Waals surface area contributed by atoms with E-state index in [1.165, 1.54) is 58.3 Å². The molecular formula is C14H27N3. The van der Waals surface area contributed by atoms with E-state index in [4.69, 9.17) is 0 Å². The molecule has 2 saturated heterocycles. The lowest BCUT2D eigenvalue weighted by atomic mass is 9.78. The average molecular weight is 237 g/mol. The van der Waals surface area contributed by atoms with Gasteiger partial charge < -0.3 is 10.6 Å². The lowest BCUT2D eigenvalue weighted by Crippen LogP contribution is -2.57. The van der Waals surface area contributed by atoms with E-state index < -0.39 is 0 Å². The van der Waals surface area contributed by atoms with E-state index in [0.717, 1.165) is 24.0 Å². The topological polar surface area (TPSA) is 27.3 Å². The van der Waals surface area contributed by atoms with Gasteiger partial charge in [0, 0.05) is 44.3 Å². The van der Waals surface area contributed by atoms with Gasteiger partial charge in [0.2, 0.25) is 0 Å². The largest absolute Gasteiger partial charge is 0.314 e. The molecule has 1 aliphatic carbocycles. The van der Waals surface area contributed by atoms with Gasteiger partial charge in [-0.1, -0.05) is 19.8 Å². The van der Waals surface area contributed by atoms with Gasteiger partial charge in [-0.15, -0.1) is 0 Å². The van der Waals surface area contributed by atoms with Crippen LogP contribution in [0.2, 0.25) is 0 Å². The Bertz CT molecular complexity index is 232. The van der Waals surface area contributed by atoms with E-state index in [9.17, 15) is 0 Å². The molecule has 0 spiro atoms. The second kappa shape index (κ2) is 5.25. The number of nitrogens with zero attached hydrogens (tertiary/aromatic N) is 1. The Morgan fingerprint density at radius 3 is 2.94 bits per heavy atom. The molecule has 2 heterocycles. The van der Waals surface area contributed by atoms with Crippen LogP contribution in [0.4, 0.5) is 0 Å². The van der Waals surface area contributed by atoms with Crippen LogP contribution in [0, 0.1) is 5.92 Å². The predicted octanol–water partition coefficient (Wildman–Crippen LogP) is 1.20. The number of rotatable bonds is 1. The number of nitrogens with one attached hydrogen (secondary N) is 2. The molecule has 3 rings (SSSR count). The first kappa shape index (κ1) is 11.9. The predicted molar refractivity (Wildman–Crippen MR) is 71.2 cm³/mol. The van der Waals surface area contributed by atoms with Crippen LogP contribution in [0.25, 0.3) is 0 Å². The third-order valence-electron chi connectivity index (χ3n) is 5.17. The molecule has 17 heavy (non-hydrogen) atoms. The van der Waals surface area contributed by atoms with Gasteiger partial charge in [0.05, 0.1) is 0 Å². The standard InChI is InChI=1S/C14H27N3/c1-2-14-12-5-3-4-6-13(12)16-10-11-9-15-7-8-17(11)14/h11-16H,2-10H2,1H3/t11?,12-,13?,14+/m1/s1. The molecule has 0 amide bonds. The van der Waals surface area contributed by atoms with Gasteiger partial charge in [-0.25, -0.2) is 0 Å². The fraction of sp³-hybridized carbons (Fsp3) is 1.00. The second-order valence-electron chi connectivity index (χ2n) is 6.03. The van der Waals surface area contributed by atoms with Gasteiger partial charge in [0.15, 0.2) is 0 Å². The number of hydrogen-bond donors (Lipinski definition) is 2. The Balaban J connectivity index is 1.81. The van der Waals surface area contributed by atoms with Crippen molar-refractivity contribution in [2.75, 3.05) is 26.2 Å². The van der Waals surface area contributed by atoms with Crippen LogP contribution in [0.15, 0.2) is 0 Å². The van der Waals surface area contributed by atoms with Gasteiger partial charge in [0.25, 0.3) is 0 Å². The maximum atomic E-state index is 3.87. The molecule has 3 aliphatic rings. The van der Waals surface area contributed by atoms with Crippen molar-refractivity contribution in [3.8, 4) is 0 Å². The summed E-state index contributed by atoms with van der Waals surface area (Å²) in [5, 5.41) is 7.42. The summed E-state index contributed by atoms with van der Waals surface area (Å²) in [4.78, 5) is 2.82. The van der Waals surface area contributed by atoms with Gasteiger partial charge in [0.1, 0.15) is 0 Å². The van der Waals surface area contributed by atoms with Crippen molar-refractivity contribution in [3.05, 3.63) is 0 Å². The van der Waals surface area contributed by atoms with Crippen LogP contribution in [-0.2, 0) is 0 Å². The summed E-state index contributed by atoms with van der Waals surface area (Å²) in [5.74, 6) is 0.914. The highest BCUT2D eigenvalue weighted by molar-refractivity contribution is 4.98. The molecule has 3 nitrogen and oxygen atoms in total. The van der Waals surface area contributed by atoms with E-state index >= 15 is 0 Å². The summed E-state index contributed by atoms with van der Waals surface area (Å²) in [6.45, 7) is 7.22. The molecule has 2 unspecified atom stereocenters. The molecule has 4 atom stereocenters. The molecule has 2 N–H and O–H groups in total. The van der Waals surface area contributed by atoms with E-state index in [2.05, 4.69) is 22.5 Å². The molecule has 0 bridgehead atoms. The number of hydrogen-bond acceptors (Lipinski definition) is 3. The fourth-order valence-corrected chi connectivity index (χ4v) is 4.35. The van der Waals surface area contributed by atoms with Crippen molar-refractivity contribution >= 4 is 0 Å². The normalized spacial score (nSPS) is 43.6. The average Bonchev–Trinajstić information content (AvgIpc) is 2.55. The number of fused-ring (bicyclic) bond motifs is 2. The van der Waals surface area contributed by atoms with Crippen LogP contribution in [0.1, 0.15) is 39.0 Å². The SMILES string of the molecule is CC[C@H]1[C@@H]2CCCCC2NCC2CNCCN21. The molecule has 0 aromatic rings. The van der Waals surface area contributed by atoms with Crippen LogP contribution in [0.5, 0.6) is 0 Å². The Kier molecular flexibility index (Phi) is 3.69. The van der Waals surface area contributed by atoms with Gasteiger partial charge >= 0.3 is 0 Å². The zero-order valence-electron chi connectivity index (χ0n) is 11.1. The summed E-state index contributed by atoms with van der Waals surface area (Å²) in [5.41, 5.74) is 0. The molecular weight excluding hydrogens is 210 g/mol. The fourth-order valence-electron chi connectivity index (χ4n) is 4.35. The first-order chi connectivity index (χ1) is 8.40. The van der Waals surface area contributed by atoms with Crippen LogP contribution in [-0.4, -0.2) is 49.2 Å². The van der Waals surface area contributed by atoms with E-state index in [1.54, 1.807) is 0 Å². The highest BCUT2D eigenvalue weighted by Crippen LogP contribution is 2.34. The zero-order chi connectivity index (χ0) is 11.7. The monoisotopic (exact) mass is 237 g/mol. The minimum atomic E-state index is 0.735. The van der Waals surface area contributed by atoms with Crippen molar-refractivity contribution in [2.45, 2.75) is 57.2 Å². The van der Waals surface area contributed by atoms with Crippen molar-refractivity contribution in [3.63, 3.8) is 0 Å². The molecule has 0 aromatic heterocycles. The van der Waals surface area contributed by atoms with Crippen molar-refractivity contribution in [1.82, 2.24) is 15.5 Å². The second-order valence-corrected chi connectivity index (χ2v) is 6.03. The molecule has 98 valence electrons. The maximum absolute atomic E-state index is 3.87. The smallest absolute Gasteiger partial charge is 0.0349 e. The Hall–Kier alpha value is -0.120. The molecule has 0 radical (unpaired) electrons. The number of piperazine rings is 1. The Morgan fingerprint density at radius 2 is 2.06 bits per heavy atom. The highest BCUT2D eigenvalue weighted by Gasteiger charge is 2.40. The lowest BCUT2D eigenvalue weighted by molar-refractivity contribution is 0.0709. The first-order valence-electron chi connectivity index (χ1n) is 7.60. The summed E-state index contributed by atoms with van der Waals surface area (Å²) in [6, 6.07) is 2.38. The summed E-state index contributed by atoms with van der Waals surface area (Å²) >= 11 is 0. The summed E-state index contributed by atoms with van der Waals surface area (Å²) in [7, 11) is 0. The van der Waals surface area contributed by atoms with E-state index in [1.807, 2.05) is 0 Å². The van der Waals surface area contributed by atoms with Crippen molar-refractivity contribution < 1.29 is 0 Å². The zero-order valence-corrected chi connectivity index (χ0v) is 11.1. The van der Waals surface area contributed by atoms with Crippen molar-refractivity contribution in [2.24, 2.45) is 5.92 Å². The molecule has 0 aromatic carbocycles. The van der Waals surface area contributed by atoms with Crippen LogP contribution in [0.3, 0.4) is 0 Å². The van der Waals surface area contributed by atoms with Crippen LogP contribution < -0.4 is 10.6 Å². The molecule has 3 heteroatoms. The van der Waals surface area contributed by atoms with Crippen molar-refractivity contribution in [1.29, 1.82) is 0 Å². The third-order valence-corrected chi connectivity index (χ3v) is 5.17. The van der Waals surface area contributed by atoms with E-state index in [0.29, 0.717) is 0 Å². The summed E-state index contributed by atoms with van der Waals surface area (Å²) < 4.78 is 0. The summed E-state index contributed by atoms with van der Waals surface area (Å²) in [6.07, 6.45) is 7.09. The highest BCUT2D eigenvalue weighted by atomic mass is 15.3. The van der Waals surface area contributed by atoms with Crippen LogP contribution >= 0.6 is 0 Å². The van der Waals surface area contributed by atoms with E-state index in [-0.39, 0.29) is 0 Å². The molecule has 2 aliphatic heterocycles. The minimum absolute atomic E-state index is 0.735. The Labute approximate surface area is 105 Å². The molecule has 3 fully saturated rings. The maximum Gasteiger partial charge on any atom is 0.0349 e. The van der Waals surface area contributed by atoms with Gasteiger partial charge in [-0.3, -0.25) is 4.90 Å². The first-order valence-corrected chi connectivity index (χ1v) is 7.60. The van der Waals surface area contributed by atoms with Gasteiger partial charge in [-0.05, 0) is 25.2 Å². The minimum Gasteiger partial charge on any atom is -0.314 e.